The SMILES string of the molecule is CC(C)C(c1ccc(C(F)(F)F)nc1)S(C)(=O)=NC#N. The molecule has 4 nitrogen and oxygen atoms in total. The van der Waals surface area contributed by atoms with Crippen molar-refractivity contribution in [3.63, 3.8) is 0 Å². The van der Waals surface area contributed by atoms with Crippen LogP contribution in [0.2, 0.25) is 0 Å². The summed E-state index contributed by atoms with van der Waals surface area (Å²) in [6.45, 7) is 3.52. The summed E-state index contributed by atoms with van der Waals surface area (Å²) >= 11 is 0. The smallest absolute Gasteiger partial charge is 0.251 e. The van der Waals surface area contributed by atoms with Gasteiger partial charge in [0.05, 0.1) is 15.0 Å². The van der Waals surface area contributed by atoms with E-state index in [1.54, 1.807) is 13.8 Å². The van der Waals surface area contributed by atoms with Gasteiger partial charge in [0.15, 0.2) is 0 Å². The second-order valence-corrected chi connectivity index (χ2v) is 7.10. The first-order valence-corrected chi connectivity index (χ1v) is 7.70. The van der Waals surface area contributed by atoms with Crippen molar-refractivity contribution in [3.8, 4) is 6.19 Å². The molecule has 0 saturated carbocycles. The lowest BCUT2D eigenvalue weighted by Crippen LogP contribution is -2.18. The molecular formula is C12H14F3N3OS. The number of rotatable bonds is 3. The van der Waals surface area contributed by atoms with Crippen molar-refractivity contribution in [3.05, 3.63) is 29.6 Å². The number of nitrogens with zero attached hydrogens (tertiary/aromatic N) is 3. The molecule has 20 heavy (non-hydrogen) atoms. The lowest BCUT2D eigenvalue weighted by Gasteiger charge is -2.22. The maximum atomic E-state index is 12.5. The molecule has 0 fully saturated rings. The van der Waals surface area contributed by atoms with Crippen molar-refractivity contribution >= 4 is 9.73 Å². The lowest BCUT2D eigenvalue weighted by atomic mass is 10.0. The minimum Gasteiger partial charge on any atom is -0.251 e. The summed E-state index contributed by atoms with van der Waals surface area (Å²) in [6.07, 6.45) is -0.656. The summed E-state index contributed by atoms with van der Waals surface area (Å²) in [6, 6.07) is 2.07. The van der Waals surface area contributed by atoms with Crippen LogP contribution in [-0.2, 0) is 15.9 Å². The zero-order valence-electron chi connectivity index (χ0n) is 11.2. The third-order valence-electron chi connectivity index (χ3n) is 2.70. The molecule has 8 heteroatoms. The normalized spacial score (nSPS) is 16.3. The molecule has 1 rings (SSSR count). The Morgan fingerprint density at radius 1 is 1.40 bits per heavy atom. The maximum Gasteiger partial charge on any atom is 0.433 e. The van der Waals surface area contributed by atoms with Gasteiger partial charge in [0.2, 0.25) is 6.19 Å². The molecule has 0 radical (unpaired) electrons. The molecule has 110 valence electrons. The van der Waals surface area contributed by atoms with E-state index in [0.717, 1.165) is 12.3 Å². The Kier molecular flexibility index (Phi) is 4.76. The summed E-state index contributed by atoms with van der Waals surface area (Å²) < 4.78 is 53.1. The largest absolute Gasteiger partial charge is 0.433 e. The highest BCUT2D eigenvalue weighted by Crippen LogP contribution is 2.33. The highest BCUT2D eigenvalue weighted by molar-refractivity contribution is 7.93. The van der Waals surface area contributed by atoms with Crippen LogP contribution in [0.4, 0.5) is 13.2 Å². The first-order valence-electron chi connectivity index (χ1n) is 5.72. The Bertz CT molecular complexity index is 623. The number of pyridine rings is 1. The highest BCUT2D eigenvalue weighted by Gasteiger charge is 2.33. The van der Waals surface area contributed by atoms with Crippen LogP contribution < -0.4 is 0 Å². The number of hydrogen-bond donors (Lipinski definition) is 0. The van der Waals surface area contributed by atoms with Crippen molar-refractivity contribution in [2.45, 2.75) is 25.3 Å². The summed E-state index contributed by atoms with van der Waals surface area (Å²) in [5.41, 5.74) is -0.636. The standard InChI is InChI=1S/C12H14F3N3OS/c1-8(2)11(20(3,19)18-7-16)9-4-5-10(17-6-9)12(13,14)15/h4-6,8,11H,1-3H3. The molecule has 0 aliphatic rings. The van der Waals surface area contributed by atoms with Crippen LogP contribution in [-0.4, -0.2) is 15.4 Å². The van der Waals surface area contributed by atoms with E-state index in [9.17, 15) is 17.4 Å². The Balaban J connectivity index is 3.30. The molecule has 0 bridgehead atoms. The quantitative estimate of drug-likeness (QED) is 0.804. The van der Waals surface area contributed by atoms with Crippen LogP contribution in [0.25, 0.3) is 0 Å². The maximum absolute atomic E-state index is 12.5. The van der Waals surface area contributed by atoms with E-state index < -0.39 is 26.8 Å². The van der Waals surface area contributed by atoms with E-state index in [1.807, 2.05) is 0 Å². The Morgan fingerprint density at radius 3 is 2.35 bits per heavy atom. The molecular weight excluding hydrogens is 291 g/mol. The van der Waals surface area contributed by atoms with Gasteiger partial charge in [-0.05, 0) is 17.5 Å². The van der Waals surface area contributed by atoms with Gasteiger partial charge in [-0.25, -0.2) is 4.21 Å². The molecule has 2 atom stereocenters. The molecule has 0 N–H and O–H groups in total. The fraction of sp³-hybridized carbons (Fsp3) is 0.500. The minimum atomic E-state index is -4.52. The predicted molar refractivity (Wildman–Crippen MR) is 68.9 cm³/mol. The minimum absolute atomic E-state index is 0.164. The molecule has 0 amide bonds. The second-order valence-electron chi connectivity index (χ2n) is 4.69. The van der Waals surface area contributed by atoms with Gasteiger partial charge in [0, 0.05) is 12.5 Å². The van der Waals surface area contributed by atoms with E-state index in [2.05, 4.69) is 9.35 Å². The van der Waals surface area contributed by atoms with Crippen LogP contribution in [0.1, 0.15) is 30.4 Å². The van der Waals surface area contributed by atoms with E-state index in [0.29, 0.717) is 5.56 Å². The number of aromatic nitrogens is 1. The van der Waals surface area contributed by atoms with Gasteiger partial charge >= 0.3 is 6.18 Å². The molecule has 1 aromatic rings. The van der Waals surface area contributed by atoms with E-state index >= 15 is 0 Å². The first-order chi connectivity index (χ1) is 9.09. The van der Waals surface area contributed by atoms with E-state index in [4.69, 9.17) is 5.26 Å². The molecule has 0 aliphatic carbocycles. The van der Waals surface area contributed by atoms with Gasteiger partial charge in [-0.3, -0.25) is 4.98 Å². The monoisotopic (exact) mass is 305 g/mol. The van der Waals surface area contributed by atoms with E-state index in [-0.39, 0.29) is 5.92 Å². The van der Waals surface area contributed by atoms with Crippen LogP contribution in [0.15, 0.2) is 22.7 Å². The van der Waals surface area contributed by atoms with Gasteiger partial charge in [-0.1, -0.05) is 19.9 Å². The predicted octanol–water partition coefficient (Wildman–Crippen LogP) is 3.38. The van der Waals surface area contributed by atoms with Crippen molar-refractivity contribution in [1.29, 1.82) is 5.26 Å². The summed E-state index contributed by atoms with van der Waals surface area (Å²) in [5.74, 6) is -0.164. The van der Waals surface area contributed by atoms with Gasteiger partial charge in [-0.2, -0.15) is 18.4 Å². The highest BCUT2D eigenvalue weighted by atomic mass is 32.2. The lowest BCUT2D eigenvalue weighted by molar-refractivity contribution is -0.141. The zero-order chi connectivity index (χ0) is 15.6. The topological polar surface area (TPSA) is 66.1 Å². The fourth-order valence-electron chi connectivity index (χ4n) is 2.02. The van der Waals surface area contributed by atoms with Crippen LogP contribution in [0.3, 0.4) is 0 Å². The molecule has 0 aliphatic heterocycles. The van der Waals surface area contributed by atoms with Crippen LogP contribution in [0.5, 0.6) is 0 Å². The molecule has 1 aromatic heterocycles. The average molecular weight is 305 g/mol. The van der Waals surface area contributed by atoms with Gasteiger partial charge in [0.25, 0.3) is 0 Å². The third kappa shape index (κ3) is 3.70. The molecule has 0 spiro atoms. The fourth-order valence-corrected chi connectivity index (χ4v) is 3.95. The summed E-state index contributed by atoms with van der Waals surface area (Å²) in [5, 5.41) is 7.91. The van der Waals surface area contributed by atoms with Crippen molar-refractivity contribution < 1.29 is 17.4 Å². The first kappa shape index (κ1) is 16.4. The molecule has 2 unspecified atom stereocenters. The van der Waals surface area contributed by atoms with E-state index in [1.165, 1.54) is 18.5 Å². The Hall–Kier alpha value is -1.62. The van der Waals surface area contributed by atoms with Gasteiger partial charge in [-0.15, -0.1) is 4.36 Å². The van der Waals surface area contributed by atoms with Crippen LogP contribution in [0, 0.1) is 17.4 Å². The number of hydrogen-bond acceptors (Lipinski definition) is 4. The van der Waals surface area contributed by atoms with Crippen molar-refractivity contribution in [2.24, 2.45) is 10.3 Å². The molecule has 0 saturated heterocycles. The Morgan fingerprint density at radius 2 is 2.00 bits per heavy atom. The summed E-state index contributed by atoms with van der Waals surface area (Å²) in [4.78, 5) is 3.35. The third-order valence-corrected chi connectivity index (χ3v) is 4.91. The number of alkyl halides is 3. The van der Waals surface area contributed by atoms with Crippen molar-refractivity contribution in [2.75, 3.05) is 6.26 Å². The summed E-state index contributed by atoms with van der Waals surface area (Å²) in [7, 11) is -2.88. The van der Waals surface area contributed by atoms with Gasteiger partial charge in [0.1, 0.15) is 5.69 Å². The number of nitriles is 1. The molecule has 0 aromatic carbocycles. The number of halogens is 3. The average Bonchev–Trinajstić information content (AvgIpc) is 2.27. The molecule has 1 heterocycles. The van der Waals surface area contributed by atoms with Crippen LogP contribution >= 0.6 is 0 Å². The zero-order valence-corrected chi connectivity index (χ0v) is 12.0. The van der Waals surface area contributed by atoms with Gasteiger partial charge < -0.3 is 0 Å². The Labute approximate surface area is 115 Å². The van der Waals surface area contributed by atoms with Crippen molar-refractivity contribution in [1.82, 2.24) is 4.98 Å². The second kappa shape index (κ2) is 5.79.